The maximum atomic E-state index is 12.8. The topological polar surface area (TPSA) is 80.5 Å². The molecule has 0 spiro atoms. The third-order valence-electron chi connectivity index (χ3n) is 6.89. The van der Waals surface area contributed by atoms with Gasteiger partial charge in [-0.25, -0.2) is 9.97 Å². The number of pyridine rings is 2. The summed E-state index contributed by atoms with van der Waals surface area (Å²) in [7, 11) is 0. The molecule has 6 rings (SSSR count). The summed E-state index contributed by atoms with van der Waals surface area (Å²) in [4.78, 5) is 22.3. The van der Waals surface area contributed by atoms with Crippen LogP contribution in [0.2, 0.25) is 0 Å². The van der Waals surface area contributed by atoms with E-state index in [2.05, 4.69) is 58.1 Å². The van der Waals surface area contributed by atoms with Gasteiger partial charge in [-0.05, 0) is 60.7 Å². The van der Waals surface area contributed by atoms with Gasteiger partial charge in [0.25, 0.3) is 5.91 Å². The van der Waals surface area contributed by atoms with E-state index in [1.807, 2.05) is 24.5 Å². The second kappa shape index (κ2) is 8.25. The monoisotopic (exact) mass is 453 g/mol. The van der Waals surface area contributed by atoms with Gasteiger partial charge in [0.2, 0.25) is 0 Å². The first-order valence-electron chi connectivity index (χ1n) is 11.8. The molecule has 2 aliphatic heterocycles. The Labute approximate surface area is 198 Å². The minimum absolute atomic E-state index is 0.0699. The Morgan fingerprint density at radius 1 is 1.24 bits per heavy atom. The van der Waals surface area contributed by atoms with E-state index in [1.165, 1.54) is 5.56 Å². The van der Waals surface area contributed by atoms with Gasteiger partial charge in [-0.1, -0.05) is 19.1 Å². The number of amides is 1. The van der Waals surface area contributed by atoms with Gasteiger partial charge in [0, 0.05) is 36.5 Å². The van der Waals surface area contributed by atoms with Gasteiger partial charge in [-0.2, -0.15) is 0 Å². The number of rotatable bonds is 5. The molecule has 5 heterocycles. The van der Waals surface area contributed by atoms with Crippen LogP contribution in [0, 0.1) is 6.92 Å². The number of anilines is 2. The molecule has 172 valence electrons. The Kier molecular flexibility index (Phi) is 5.07. The predicted molar refractivity (Wildman–Crippen MR) is 132 cm³/mol. The first-order valence-corrected chi connectivity index (χ1v) is 11.8. The molecule has 0 aliphatic carbocycles. The molecule has 1 amide bonds. The lowest BCUT2D eigenvalue weighted by Gasteiger charge is -2.16. The maximum absolute atomic E-state index is 12.8. The molecule has 34 heavy (non-hydrogen) atoms. The minimum atomic E-state index is -0.0699. The summed E-state index contributed by atoms with van der Waals surface area (Å²) >= 11 is 0. The Hall–Kier alpha value is -3.71. The van der Waals surface area contributed by atoms with Crippen LogP contribution in [-0.2, 0) is 17.7 Å². The standard InChI is InChI=1S/C27H27N5O2/c1-3-21-18(17-9-11-34-15-17)5-7-24(30-21)31-22-6-4-19(20-13-29-27(33)26(20)22)23-14-28-25-12-16(2)8-10-32(23)25/h4-8,10,12,14,17H,3,9,11,13,15H2,1-2H3,(H,29,33)(H,30,31). The second-order valence-corrected chi connectivity index (χ2v) is 9.04. The summed E-state index contributed by atoms with van der Waals surface area (Å²) in [6.07, 6.45) is 5.80. The Bertz CT molecular complexity index is 1420. The van der Waals surface area contributed by atoms with E-state index in [1.54, 1.807) is 0 Å². The van der Waals surface area contributed by atoms with Crippen LogP contribution >= 0.6 is 0 Å². The van der Waals surface area contributed by atoms with Crippen molar-refractivity contribution in [2.24, 2.45) is 0 Å². The van der Waals surface area contributed by atoms with Crippen LogP contribution in [0.4, 0.5) is 11.5 Å². The van der Waals surface area contributed by atoms with Crippen molar-refractivity contribution in [3.05, 3.63) is 76.7 Å². The number of carbonyl (C=O) groups excluding carboxylic acids is 1. The number of hydrogen-bond donors (Lipinski definition) is 2. The highest BCUT2D eigenvalue weighted by Gasteiger charge is 2.27. The fraction of sp³-hybridized carbons (Fsp3) is 0.296. The van der Waals surface area contributed by atoms with Gasteiger partial charge in [-0.3, -0.25) is 9.20 Å². The van der Waals surface area contributed by atoms with E-state index in [9.17, 15) is 4.79 Å². The minimum Gasteiger partial charge on any atom is -0.381 e. The zero-order valence-corrected chi connectivity index (χ0v) is 19.4. The van der Waals surface area contributed by atoms with E-state index in [0.29, 0.717) is 18.0 Å². The molecule has 1 aromatic carbocycles. The van der Waals surface area contributed by atoms with Crippen molar-refractivity contribution < 1.29 is 9.53 Å². The Balaban J connectivity index is 1.38. The first-order chi connectivity index (χ1) is 16.6. The van der Waals surface area contributed by atoms with Crippen LogP contribution in [0.15, 0.2) is 48.8 Å². The number of nitrogens with one attached hydrogen (secondary N) is 2. The molecular formula is C27H27N5O2. The van der Waals surface area contributed by atoms with Crippen molar-refractivity contribution in [2.45, 2.75) is 39.2 Å². The van der Waals surface area contributed by atoms with E-state index in [4.69, 9.17) is 9.72 Å². The molecule has 1 fully saturated rings. The molecule has 1 atom stereocenters. The summed E-state index contributed by atoms with van der Waals surface area (Å²) in [5, 5.41) is 6.42. The summed E-state index contributed by atoms with van der Waals surface area (Å²) in [6, 6.07) is 12.3. The highest BCUT2D eigenvalue weighted by molar-refractivity contribution is 6.06. The highest BCUT2D eigenvalue weighted by Crippen LogP contribution is 2.36. The second-order valence-electron chi connectivity index (χ2n) is 9.04. The average molecular weight is 454 g/mol. The normalized spacial score (nSPS) is 17.2. The summed E-state index contributed by atoms with van der Waals surface area (Å²) in [6.45, 7) is 6.25. The lowest BCUT2D eigenvalue weighted by molar-refractivity contribution is 0.0966. The molecule has 7 nitrogen and oxygen atoms in total. The molecule has 4 aromatic rings. The molecular weight excluding hydrogens is 426 g/mol. The number of fused-ring (bicyclic) bond motifs is 2. The van der Waals surface area contributed by atoms with Gasteiger partial charge >= 0.3 is 0 Å². The largest absolute Gasteiger partial charge is 0.381 e. The number of aromatic nitrogens is 3. The van der Waals surface area contributed by atoms with Crippen molar-refractivity contribution in [1.82, 2.24) is 19.7 Å². The van der Waals surface area contributed by atoms with Crippen LogP contribution in [0.5, 0.6) is 0 Å². The molecule has 1 unspecified atom stereocenters. The first kappa shape index (κ1) is 20.9. The van der Waals surface area contributed by atoms with Gasteiger partial charge in [0.15, 0.2) is 0 Å². The lowest BCUT2D eigenvalue weighted by Crippen LogP contribution is -2.13. The zero-order chi connectivity index (χ0) is 23.2. The van der Waals surface area contributed by atoms with Gasteiger partial charge < -0.3 is 15.4 Å². The average Bonchev–Trinajstić information content (AvgIpc) is 3.60. The van der Waals surface area contributed by atoms with Crippen LogP contribution in [-0.4, -0.2) is 33.5 Å². The van der Waals surface area contributed by atoms with Crippen molar-refractivity contribution in [2.75, 3.05) is 18.5 Å². The molecule has 1 saturated heterocycles. The van der Waals surface area contributed by atoms with Crippen molar-refractivity contribution >= 4 is 23.1 Å². The van der Waals surface area contributed by atoms with E-state index in [0.717, 1.165) is 71.3 Å². The SMILES string of the molecule is CCc1nc(Nc2ccc(-c3cnc4cc(C)ccn34)c3c2C(=O)NC3)ccc1C1CCOC1. The lowest BCUT2D eigenvalue weighted by atomic mass is 9.96. The summed E-state index contributed by atoms with van der Waals surface area (Å²) in [5.41, 5.74) is 8.82. The van der Waals surface area contributed by atoms with Crippen LogP contribution in [0.1, 0.15) is 52.0 Å². The molecule has 2 aliphatic rings. The molecule has 0 bridgehead atoms. The zero-order valence-electron chi connectivity index (χ0n) is 19.4. The third kappa shape index (κ3) is 3.44. The molecule has 7 heteroatoms. The van der Waals surface area contributed by atoms with Gasteiger partial charge in [0.05, 0.1) is 29.7 Å². The smallest absolute Gasteiger partial charge is 0.254 e. The van der Waals surface area contributed by atoms with Crippen molar-refractivity contribution in [3.8, 4) is 11.3 Å². The highest BCUT2D eigenvalue weighted by atomic mass is 16.5. The number of carbonyl (C=O) groups is 1. The number of nitrogens with zero attached hydrogens (tertiary/aromatic N) is 3. The van der Waals surface area contributed by atoms with Gasteiger partial charge in [-0.15, -0.1) is 0 Å². The van der Waals surface area contributed by atoms with Gasteiger partial charge in [0.1, 0.15) is 11.5 Å². The number of imidazole rings is 1. The van der Waals surface area contributed by atoms with E-state index in [-0.39, 0.29) is 5.91 Å². The Morgan fingerprint density at radius 3 is 2.97 bits per heavy atom. The third-order valence-corrected chi connectivity index (χ3v) is 6.89. The summed E-state index contributed by atoms with van der Waals surface area (Å²) in [5.74, 6) is 1.10. The van der Waals surface area contributed by atoms with E-state index < -0.39 is 0 Å². The molecule has 0 radical (unpaired) electrons. The fourth-order valence-electron chi connectivity index (χ4n) is 5.13. The van der Waals surface area contributed by atoms with Crippen molar-refractivity contribution in [3.63, 3.8) is 0 Å². The predicted octanol–water partition coefficient (Wildman–Crippen LogP) is 4.76. The molecule has 2 N–H and O–H groups in total. The number of ether oxygens (including phenoxy) is 1. The van der Waals surface area contributed by atoms with Crippen LogP contribution in [0.3, 0.4) is 0 Å². The quantitative estimate of drug-likeness (QED) is 0.456. The Morgan fingerprint density at radius 2 is 2.15 bits per heavy atom. The van der Waals surface area contributed by atoms with E-state index >= 15 is 0 Å². The summed E-state index contributed by atoms with van der Waals surface area (Å²) < 4.78 is 7.65. The number of benzene rings is 1. The maximum Gasteiger partial charge on any atom is 0.254 e. The van der Waals surface area contributed by atoms with Crippen molar-refractivity contribution in [1.29, 1.82) is 0 Å². The number of hydrogen-bond acceptors (Lipinski definition) is 5. The molecule has 0 saturated carbocycles. The molecule has 3 aromatic heterocycles. The number of aryl methyl sites for hydroxylation is 2. The van der Waals surface area contributed by atoms with Crippen LogP contribution in [0.25, 0.3) is 16.9 Å². The fourth-order valence-corrected chi connectivity index (χ4v) is 5.13. The van der Waals surface area contributed by atoms with Crippen LogP contribution < -0.4 is 10.6 Å².